The molecule has 0 heterocycles. The molecule has 0 saturated heterocycles. The molecule has 1 nitrogen and oxygen atoms in total. The van der Waals surface area contributed by atoms with Gasteiger partial charge in [0.1, 0.15) is 0 Å². The standard InChI is InChI=1S/C8H14O.C2H4/c1-5-8(6-2)7(3)9-4;1-2/h5-7H,1H2,2-4H3;1-2H2/b8-6+;. The van der Waals surface area contributed by atoms with Gasteiger partial charge in [0, 0.05) is 7.11 Å². The zero-order valence-corrected chi connectivity index (χ0v) is 7.76. The summed E-state index contributed by atoms with van der Waals surface area (Å²) in [6.07, 6.45) is 3.99. The number of hydrogen-bond acceptors (Lipinski definition) is 1. The van der Waals surface area contributed by atoms with Gasteiger partial charge < -0.3 is 4.74 Å². The first-order valence-electron chi connectivity index (χ1n) is 3.57. The predicted molar refractivity (Wildman–Crippen MR) is 51.7 cm³/mol. The summed E-state index contributed by atoms with van der Waals surface area (Å²) in [5.74, 6) is 0. The molecule has 0 bridgehead atoms. The van der Waals surface area contributed by atoms with E-state index >= 15 is 0 Å². The summed E-state index contributed by atoms with van der Waals surface area (Å²) in [5.41, 5.74) is 1.14. The van der Waals surface area contributed by atoms with Crippen LogP contribution in [0.4, 0.5) is 0 Å². The second-order valence-electron chi connectivity index (χ2n) is 1.87. The van der Waals surface area contributed by atoms with E-state index < -0.39 is 0 Å². The SMILES string of the molecule is C=C.C=C/C(=C\C)C(C)OC. The van der Waals surface area contributed by atoms with Gasteiger partial charge in [0.2, 0.25) is 0 Å². The molecule has 11 heavy (non-hydrogen) atoms. The average Bonchev–Trinajstić information content (AvgIpc) is 2.10. The Morgan fingerprint density at radius 2 is 1.91 bits per heavy atom. The van der Waals surface area contributed by atoms with Gasteiger partial charge >= 0.3 is 0 Å². The van der Waals surface area contributed by atoms with Gasteiger partial charge in [-0.3, -0.25) is 0 Å². The van der Waals surface area contributed by atoms with Crippen LogP contribution < -0.4 is 0 Å². The summed E-state index contributed by atoms with van der Waals surface area (Å²) < 4.78 is 5.05. The van der Waals surface area contributed by atoms with Crippen molar-refractivity contribution in [2.24, 2.45) is 0 Å². The summed E-state index contributed by atoms with van der Waals surface area (Å²) >= 11 is 0. The van der Waals surface area contributed by atoms with Crippen LogP contribution in [0.25, 0.3) is 0 Å². The lowest BCUT2D eigenvalue weighted by Gasteiger charge is -2.08. The molecule has 0 aliphatic carbocycles. The van der Waals surface area contributed by atoms with Crippen molar-refractivity contribution < 1.29 is 4.74 Å². The van der Waals surface area contributed by atoms with Crippen molar-refractivity contribution in [2.45, 2.75) is 20.0 Å². The van der Waals surface area contributed by atoms with Crippen molar-refractivity contribution in [2.75, 3.05) is 7.11 Å². The Morgan fingerprint density at radius 3 is 2.00 bits per heavy atom. The van der Waals surface area contributed by atoms with Crippen LogP contribution in [0.1, 0.15) is 13.8 Å². The molecule has 0 aliphatic heterocycles. The van der Waals surface area contributed by atoms with Crippen LogP contribution >= 0.6 is 0 Å². The lowest BCUT2D eigenvalue weighted by Crippen LogP contribution is -2.05. The average molecular weight is 154 g/mol. The lowest BCUT2D eigenvalue weighted by atomic mass is 10.1. The molecule has 0 spiro atoms. The third-order valence-corrected chi connectivity index (χ3v) is 1.39. The van der Waals surface area contributed by atoms with E-state index in [0.29, 0.717) is 0 Å². The van der Waals surface area contributed by atoms with Gasteiger partial charge in [0.25, 0.3) is 0 Å². The van der Waals surface area contributed by atoms with Crippen LogP contribution in [0.2, 0.25) is 0 Å². The van der Waals surface area contributed by atoms with Gasteiger partial charge in [-0.25, -0.2) is 0 Å². The van der Waals surface area contributed by atoms with Crippen LogP contribution in [0.5, 0.6) is 0 Å². The molecule has 0 aromatic rings. The minimum absolute atomic E-state index is 0.174. The Morgan fingerprint density at radius 1 is 1.45 bits per heavy atom. The molecule has 0 radical (unpaired) electrons. The van der Waals surface area contributed by atoms with Gasteiger partial charge in [-0.15, -0.1) is 13.2 Å². The van der Waals surface area contributed by atoms with Crippen molar-refractivity contribution >= 4 is 0 Å². The van der Waals surface area contributed by atoms with Crippen LogP contribution in [-0.2, 0) is 4.74 Å². The van der Waals surface area contributed by atoms with Crippen LogP contribution in [-0.4, -0.2) is 13.2 Å². The normalized spacial score (nSPS) is 12.8. The smallest absolute Gasteiger partial charge is 0.0789 e. The van der Waals surface area contributed by atoms with Crippen LogP contribution in [0.15, 0.2) is 37.5 Å². The molecule has 0 aromatic heterocycles. The van der Waals surface area contributed by atoms with Crippen molar-refractivity contribution in [1.82, 2.24) is 0 Å². The van der Waals surface area contributed by atoms with Crippen molar-refractivity contribution in [1.29, 1.82) is 0 Å². The Bertz CT molecular complexity index is 125. The molecule has 0 fully saturated rings. The second kappa shape index (κ2) is 9.18. The fourth-order valence-electron chi connectivity index (χ4n) is 0.655. The van der Waals surface area contributed by atoms with Crippen molar-refractivity contribution in [3.63, 3.8) is 0 Å². The molecule has 1 atom stereocenters. The van der Waals surface area contributed by atoms with Crippen molar-refractivity contribution in [3.8, 4) is 0 Å². The number of hydrogen-bond donors (Lipinski definition) is 0. The summed E-state index contributed by atoms with van der Waals surface area (Å²) in [6.45, 7) is 13.6. The lowest BCUT2D eigenvalue weighted by molar-refractivity contribution is 0.149. The van der Waals surface area contributed by atoms with E-state index in [1.807, 2.05) is 26.0 Å². The number of allylic oxidation sites excluding steroid dienone is 1. The highest BCUT2D eigenvalue weighted by atomic mass is 16.5. The predicted octanol–water partition coefficient (Wildman–Crippen LogP) is 2.96. The molecular formula is C10H18O. The molecule has 0 saturated carbocycles. The first-order chi connectivity index (χ1) is 5.26. The maximum atomic E-state index is 5.05. The van der Waals surface area contributed by atoms with E-state index in [2.05, 4.69) is 19.7 Å². The molecule has 1 heteroatoms. The third-order valence-electron chi connectivity index (χ3n) is 1.39. The fourth-order valence-corrected chi connectivity index (χ4v) is 0.655. The van der Waals surface area contributed by atoms with E-state index in [9.17, 15) is 0 Å². The third kappa shape index (κ3) is 5.62. The summed E-state index contributed by atoms with van der Waals surface area (Å²) in [5, 5.41) is 0. The van der Waals surface area contributed by atoms with Crippen LogP contribution in [0, 0.1) is 0 Å². The molecule has 0 aromatic carbocycles. The minimum atomic E-state index is 0.174. The zero-order chi connectivity index (χ0) is 9.28. The van der Waals surface area contributed by atoms with Gasteiger partial charge in [-0.1, -0.05) is 18.7 Å². The number of rotatable bonds is 3. The molecule has 0 rings (SSSR count). The zero-order valence-electron chi connectivity index (χ0n) is 7.76. The summed E-state index contributed by atoms with van der Waals surface area (Å²) in [4.78, 5) is 0. The molecule has 1 unspecified atom stereocenters. The van der Waals surface area contributed by atoms with Gasteiger partial charge in [-0.05, 0) is 19.4 Å². The summed E-state index contributed by atoms with van der Waals surface area (Å²) in [7, 11) is 1.69. The van der Waals surface area contributed by atoms with E-state index in [0.717, 1.165) is 5.57 Å². The topological polar surface area (TPSA) is 9.23 Å². The van der Waals surface area contributed by atoms with E-state index in [4.69, 9.17) is 4.74 Å². The number of methoxy groups -OCH3 is 1. The second-order valence-corrected chi connectivity index (χ2v) is 1.87. The van der Waals surface area contributed by atoms with Gasteiger partial charge in [-0.2, -0.15) is 0 Å². The maximum Gasteiger partial charge on any atom is 0.0789 e. The van der Waals surface area contributed by atoms with Gasteiger partial charge in [0.05, 0.1) is 6.10 Å². The van der Waals surface area contributed by atoms with Crippen molar-refractivity contribution in [3.05, 3.63) is 37.5 Å². The van der Waals surface area contributed by atoms with E-state index in [1.54, 1.807) is 7.11 Å². The monoisotopic (exact) mass is 154 g/mol. The first kappa shape index (κ1) is 12.8. The molecule has 64 valence electrons. The molecular weight excluding hydrogens is 136 g/mol. The van der Waals surface area contributed by atoms with E-state index in [-0.39, 0.29) is 6.10 Å². The Balaban J connectivity index is 0. The minimum Gasteiger partial charge on any atom is -0.377 e. The van der Waals surface area contributed by atoms with Crippen LogP contribution in [0.3, 0.4) is 0 Å². The molecule has 0 amide bonds. The Hall–Kier alpha value is -0.820. The molecule has 0 N–H and O–H groups in total. The first-order valence-corrected chi connectivity index (χ1v) is 3.57. The molecule has 0 aliphatic rings. The number of ether oxygens (including phenoxy) is 1. The van der Waals surface area contributed by atoms with E-state index in [1.165, 1.54) is 0 Å². The summed E-state index contributed by atoms with van der Waals surface area (Å²) in [6, 6.07) is 0. The fraction of sp³-hybridized carbons (Fsp3) is 0.400. The highest BCUT2D eigenvalue weighted by Crippen LogP contribution is 2.04. The quantitative estimate of drug-likeness (QED) is 0.448. The maximum absolute atomic E-state index is 5.05. The highest BCUT2D eigenvalue weighted by Gasteiger charge is 1.99. The highest BCUT2D eigenvalue weighted by molar-refractivity contribution is 5.19. The van der Waals surface area contributed by atoms with Gasteiger partial charge in [0.15, 0.2) is 0 Å². The largest absolute Gasteiger partial charge is 0.377 e. The Kier molecular flexibility index (Phi) is 10.7. The Labute approximate surface area is 70.1 Å².